The number of anilines is 1. The number of rotatable bonds is 3. The van der Waals surface area contributed by atoms with E-state index in [0.29, 0.717) is 12.5 Å². The molecule has 0 radical (unpaired) electrons. The summed E-state index contributed by atoms with van der Waals surface area (Å²) in [7, 11) is 0. The van der Waals surface area contributed by atoms with Gasteiger partial charge in [-0.2, -0.15) is 0 Å². The van der Waals surface area contributed by atoms with Crippen molar-refractivity contribution >= 4 is 28.9 Å². The van der Waals surface area contributed by atoms with E-state index in [2.05, 4.69) is 47.2 Å². The average Bonchev–Trinajstić information content (AvgIpc) is 2.95. The highest BCUT2D eigenvalue weighted by atomic mass is 32.1. The highest BCUT2D eigenvalue weighted by Gasteiger charge is 2.26. The maximum absolute atomic E-state index is 12.6. The van der Waals surface area contributed by atoms with Crippen LogP contribution in [0.1, 0.15) is 36.8 Å². The molecule has 0 unspecified atom stereocenters. The van der Waals surface area contributed by atoms with Gasteiger partial charge in [0.25, 0.3) is 5.91 Å². The van der Waals surface area contributed by atoms with Crippen LogP contribution in [0.5, 0.6) is 0 Å². The molecule has 2 N–H and O–H groups in total. The molecule has 0 saturated carbocycles. The van der Waals surface area contributed by atoms with E-state index in [4.69, 9.17) is 12.2 Å². The first-order chi connectivity index (χ1) is 13.0. The van der Waals surface area contributed by atoms with Crippen molar-refractivity contribution in [1.29, 1.82) is 0 Å². The van der Waals surface area contributed by atoms with Gasteiger partial charge >= 0.3 is 0 Å². The number of hydrogen-bond donors (Lipinski definition) is 2. The monoisotopic (exact) mass is 389 g/mol. The van der Waals surface area contributed by atoms with Crippen molar-refractivity contribution in [2.45, 2.75) is 39.5 Å². The van der Waals surface area contributed by atoms with Gasteiger partial charge in [-0.25, -0.2) is 0 Å². The number of hydrogen-bond acceptors (Lipinski definition) is 2. The van der Waals surface area contributed by atoms with E-state index in [1.165, 1.54) is 28.9 Å². The SMILES string of the molecule is Cc1ccc(C)c(NC(=S)N2CC[NH+](CC(=O)N3CCCCCC3)CC2)c1. The molecule has 0 aliphatic carbocycles. The van der Waals surface area contributed by atoms with Crippen LogP contribution < -0.4 is 10.2 Å². The van der Waals surface area contributed by atoms with E-state index in [-0.39, 0.29) is 0 Å². The number of piperazine rings is 1. The molecule has 2 aliphatic heterocycles. The summed E-state index contributed by atoms with van der Waals surface area (Å²) in [5, 5.41) is 4.20. The number of nitrogens with one attached hydrogen (secondary N) is 2. The minimum atomic E-state index is 0.330. The van der Waals surface area contributed by atoms with Gasteiger partial charge in [-0.1, -0.05) is 25.0 Å². The molecule has 1 aromatic carbocycles. The molecule has 6 heteroatoms. The van der Waals surface area contributed by atoms with Crippen LogP contribution in [0.2, 0.25) is 0 Å². The van der Waals surface area contributed by atoms with Crippen molar-refractivity contribution in [3.05, 3.63) is 29.3 Å². The Morgan fingerprint density at radius 3 is 2.37 bits per heavy atom. The van der Waals surface area contributed by atoms with Crippen LogP contribution in [0, 0.1) is 13.8 Å². The third kappa shape index (κ3) is 5.66. The van der Waals surface area contributed by atoms with Crippen LogP contribution >= 0.6 is 12.2 Å². The predicted octanol–water partition coefficient (Wildman–Crippen LogP) is 1.60. The fourth-order valence-electron chi connectivity index (χ4n) is 3.91. The zero-order chi connectivity index (χ0) is 19.2. The molecule has 0 spiro atoms. The summed E-state index contributed by atoms with van der Waals surface area (Å²) in [6.07, 6.45) is 4.85. The predicted molar refractivity (Wildman–Crippen MR) is 114 cm³/mol. The fraction of sp³-hybridized carbons (Fsp3) is 0.619. The molecule has 0 atom stereocenters. The summed E-state index contributed by atoms with van der Waals surface area (Å²) < 4.78 is 0. The molecule has 27 heavy (non-hydrogen) atoms. The summed E-state index contributed by atoms with van der Waals surface area (Å²) >= 11 is 5.63. The van der Waals surface area contributed by atoms with Gasteiger partial charge in [-0.3, -0.25) is 4.79 Å². The van der Waals surface area contributed by atoms with Gasteiger partial charge in [-0.05, 0) is 56.1 Å². The summed E-state index contributed by atoms with van der Waals surface area (Å²) in [6.45, 7) is 10.5. The second kappa shape index (κ2) is 9.51. The van der Waals surface area contributed by atoms with Gasteiger partial charge < -0.3 is 20.0 Å². The Labute approximate surface area is 168 Å². The number of aryl methyl sites for hydroxylation is 2. The van der Waals surface area contributed by atoms with E-state index in [9.17, 15) is 4.79 Å². The van der Waals surface area contributed by atoms with Gasteiger partial charge in [0.1, 0.15) is 0 Å². The highest BCUT2D eigenvalue weighted by Crippen LogP contribution is 2.17. The van der Waals surface area contributed by atoms with Crippen molar-refractivity contribution in [1.82, 2.24) is 9.80 Å². The topological polar surface area (TPSA) is 40.0 Å². The molecule has 2 fully saturated rings. The summed E-state index contributed by atoms with van der Waals surface area (Å²) in [6, 6.07) is 6.38. The Bertz CT molecular complexity index is 662. The Morgan fingerprint density at radius 2 is 1.70 bits per heavy atom. The Balaban J connectivity index is 1.46. The number of carbonyl (C=O) groups excluding carboxylic acids is 1. The third-order valence-electron chi connectivity index (χ3n) is 5.75. The quantitative estimate of drug-likeness (QED) is 0.771. The largest absolute Gasteiger partial charge is 0.338 e. The van der Waals surface area contributed by atoms with Crippen LogP contribution in [0.4, 0.5) is 5.69 Å². The van der Waals surface area contributed by atoms with Crippen molar-refractivity contribution < 1.29 is 9.69 Å². The van der Waals surface area contributed by atoms with Crippen molar-refractivity contribution in [2.75, 3.05) is 51.1 Å². The number of quaternary nitrogens is 1. The second-order valence-electron chi connectivity index (χ2n) is 7.96. The first-order valence-corrected chi connectivity index (χ1v) is 10.7. The first kappa shape index (κ1) is 20.1. The molecule has 148 valence electrons. The number of amides is 1. The molecule has 5 nitrogen and oxygen atoms in total. The van der Waals surface area contributed by atoms with Crippen LogP contribution in [0.3, 0.4) is 0 Å². The molecule has 2 heterocycles. The molecular formula is C21H33N4OS+. The van der Waals surface area contributed by atoms with Crippen LogP contribution in [0.15, 0.2) is 18.2 Å². The molecule has 1 amide bonds. The van der Waals surface area contributed by atoms with E-state index in [0.717, 1.165) is 62.9 Å². The van der Waals surface area contributed by atoms with Crippen molar-refractivity contribution in [3.63, 3.8) is 0 Å². The lowest BCUT2D eigenvalue weighted by Crippen LogP contribution is -3.15. The number of nitrogens with zero attached hydrogens (tertiary/aromatic N) is 2. The molecule has 2 aliphatic rings. The minimum Gasteiger partial charge on any atom is -0.338 e. The number of thiocarbonyl (C=S) groups is 1. The zero-order valence-electron chi connectivity index (χ0n) is 16.7. The Morgan fingerprint density at radius 1 is 1.04 bits per heavy atom. The Hall–Kier alpha value is -1.66. The summed E-state index contributed by atoms with van der Waals surface area (Å²) in [5.74, 6) is 0.330. The molecular weight excluding hydrogens is 356 g/mol. The average molecular weight is 390 g/mol. The molecule has 3 rings (SSSR count). The third-order valence-corrected chi connectivity index (χ3v) is 6.11. The van der Waals surface area contributed by atoms with Crippen molar-refractivity contribution in [3.8, 4) is 0 Å². The standard InChI is InChI=1S/C21H32N4OS/c1-17-7-8-18(2)19(15-17)22-21(27)25-13-11-23(12-14-25)16-20(26)24-9-5-3-4-6-10-24/h7-8,15H,3-6,9-14,16H2,1-2H3,(H,22,27)/p+1. The van der Waals surface area contributed by atoms with Gasteiger partial charge in [0, 0.05) is 18.8 Å². The van der Waals surface area contributed by atoms with Crippen LogP contribution in [-0.2, 0) is 4.79 Å². The lowest BCUT2D eigenvalue weighted by Gasteiger charge is -2.34. The van der Waals surface area contributed by atoms with Crippen molar-refractivity contribution in [2.24, 2.45) is 0 Å². The van der Waals surface area contributed by atoms with Crippen LogP contribution in [-0.4, -0.2) is 66.6 Å². The minimum absolute atomic E-state index is 0.330. The maximum Gasteiger partial charge on any atom is 0.277 e. The number of carbonyl (C=O) groups is 1. The van der Waals surface area contributed by atoms with Gasteiger partial charge in [0.2, 0.25) is 0 Å². The van der Waals surface area contributed by atoms with E-state index >= 15 is 0 Å². The lowest BCUT2D eigenvalue weighted by molar-refractivity contribution is -0.896. The van der Waals surface area contributed by atoms with Crippen LogP contribution in [0.25, 0.3) is 0 Å². The zero-order valence-corrected chi connectivity index (χ0v) is 17.5. The molecule has 2 saturated heterocycles. The number of benzene rings is 1. The highest BCUT2D eigenvalue weighted by molar-refractivity contribution is 7.80. The second-order valence-corrected chi connectivity index (χ2v) is 8.34. The van der Waals surface area contributed by atoms with E-state index in [1.807, 2.05) is 0 Å². The number of likely N-dealkylation sites (tertiary alicyclic amines) is 1. The summed E-state index contributed by atoms with van der Waals surface area (Å²) in [4.78, 5) is 18.3. The van der Waals surface area contributed by atoms with Gasteiger partial charge in [0.15, 0.2) is 11.7 Å². The first-order valence-electron chi connectivity index (χ1n) is 10.3. The molecule has 0 aromatic heterocycles. The molecule has 1 aromatic rings. The van der Waals surface area contributed by atoms with Gasteiger partial charge in [-0.15, -0.1) is 0 Å². The summed E-state index contributed by atoms with van der Waals surface area (Å²) in [5.41, 5.74) is 3.52. The Kier molecular flexibility index (Phi) is 7.07. The maximum atomic E-state index is 12.6. The van der Waals surface area contributed by atoms with E-state index in [1.54, 1.807) is 0 Å². The molecule has 0 bridgehead atoms. The van der Waals surface area contributed by atoms with Gasteiger partial charge in [0.05, 0.1) is 26.2 Å². The van der Waals surface area contributed by atoms with E-state index < -0.39 is 0 Å². The normalized spacial score (nSPS) is 18.9. The smallest absolute Gasteiger partial charge is 0.277 e. The lowest BCUT2D eigenvalue weighted by atomic mass is 10.1. The fourth-order valence-corrected chi connectivity index (χ4v) is 4.21.